The normalized spacial score (nSPS) is 20.7. The van der Waals surface area contributed by atoms with E-state index in [9.17, 15) is 27.6 Å². The van der Waals surface area contributed by atoms with E-state index >= 15 is 0 Å². The summed E-state index contributed by atoms with van der Waals surface area (Å²) in [5.74, 6) is -3.03. The highest BCUT2D eigenvalue weighted by Crippen LogP contribution is 2.38. The van der Waals surface area contributed by atoms with E-state index in [0.29, 0.717) is 30.4 Å². The highest BCUT2D eigenvalue weighted by molar-refractivity contribution is 5.94. The number of aromatic nitrogens is 1. The Bertz CT molecular complexity index is 1310. The molecule has 2 N–H and O–H groups in total. The first-order valence-electron chi connectivity index (χ1n) is 13.7. The van der Waals surface area contributed by atoms with Crippen molar-refractivity contribution >= 4 is 23.5 Å². The summed E-state index contributed by atoms with van der Waals surface area (Å²) in [5, 5.41) is 5.08. The lowest BCUT2D eigenvalue weighted by Gasteiger charge is -2.28. The molecular formula is C30H34F3N3O5. The Morgan fingerprint density at radius 1 is 1.10 bits per heavy atom. The van der Waals surface area contributed by atoms with Gasteiger partial charge in [-0.05, 0) is 68.6 Å². The second kappa shape index (κ2) is 13.2. The van der Waals surface area contributed by atoms with E-state index < -0.39 is 35.4 Å². The summed E-state index contributed by atoms with van der Waals surface area (Å²) in [6.07, 6.45) is 5.01. The number of esters is 1. The van der Waals surface area contributed by atoms with Crippen LogP contribution >= 0.6 is 0 Å². The van der Waals surface area contributed by atoms with Crippen LogP contribution in [0.3, 0.4) is 0 Å². The van der Waals surface area contributed by atoms with Crippen LogP contribution in [0.1, 0.15) is 91.4 Å². The molecule has 0 spiro atoms. The molecule has 1 saturated carbocycles. The van der Waals surface area contributed by atoms with Crippen molar-refractivity contribution in [2.24, 2.45) is 5.92 Å². The summed E-state index contributed by atoms with van der Waals surface area (Å²) in [5.41, 5.74) is 1.87. The molecule has 41 heavy (non-hydrogen) atoms. The predicted octanol–water partition coefficient (Wildman–Crippen LogP) is 6.28. The lowest BCUT2D eigenvalue weighted by Crippen LogP contribution is -2.29. The van der Waals surface area contributed by atoms with E-state index in [0.717, 1.165) is 36.8 Å². The van der Waals surface area contributed by atoms with E-state index in [1.54, 1.807) is 24.3 Å². The molecule has 1 aromatic heterocycles. The van der Waals surface area contributed by atoms with Crippen LogP contribution in [0.25, 0.3) is 0 Å². The molecule has 0 radical (unpaired) electrons. The number of allylic oxidation sites excluding steroid dienone is 4. The molecule has 1 aromatic carbocycles. The Morgan fingerprint density at radius 2 is 1.80 bits per heavy atom. The third-order valence-electron chi connectivity index (χ3n) is 7.55. The van der Waals surface area contributed by atoms with Gasteiger partial charge < -0.3 is 19.8 Å². The summed E-state index contributed by atoms with van der Waals surface area (Å²) in [6, 6.07) is 7.52. The Labute approximate surface area is 236 Å². The second-order valence-corrected chi connectivity index (χ2v) is 10.6. The van der Waals surface area contributed by atoms with E-state index in [4.69, 9.17) is 9.15 Å². The first-order valence-corrected chi connectivity index (χ1v) is 13.7. The molecule has 4 rings (SSSR count). The number of ether oxygens (including phenoxy) is 1. The zero-order chi connectivity index (χ0) is 29.6. The molecule has 1 atom stereocenters. The summed E-state index contributed by atoms with van der Waals surface area (Å²) in [4.78, 5) is 40.3. The number of carbonyl (C=O) groups is 3. The van der Waals surface area contributed by atoms with E-state index in [-0.39, 0.29) is 24.8 Å². The van der Waals surface area contributed by atoms with Crippen LogP contribution in [0.5, 0.6) is 0 Å². The maximum atomic E-state index is 13.5. The molecular weight excluding hydrogens is 539 g/mol. The third-order valence-corrected chi connectivity index (χ3v) is 7.55. The fraction of sp³-hybridized carbons (Fsp3) is 0.467. The molecule has 11 heteroatoms. The first-order chi connectivity index (χ1) is 19.5. The highest BCUT2D eigenvalue weighted by atomic mass is 19.4. The number of hydrogen-bond acceptors (Lipinski definition) is 6. The molecule has 2 aliphatic rings. The third kappa shape index (κ3) is 8.08. The van der Waals surface area contributed by atoms with Crippen LogP contribution in [0.15, 0.2) is 52.5 Å². The number of methoxy groups -OCH3 is 1. The summed E-state index contributed by atoms with van der Waals surface area (Å²) < 4.78 is 50.4. The fourth-order valence-electron chi connectivity index (χ4n) is 5.21. The molecule has 0 aliphatic heterocycles. The van der Waals surface area contributed by atoms with Crippen molar-refractivity contribution in [2.75, 3.05) is 19.0 Å². The van der Waals surface area contributed by atoms with Gasteiger partial charge in [0.05, 0.1) is 13.0 Å². The smallest absolute Gasteiger partial charge is 0.452 e. The van der Waals surface area contributed by atoms with Gasteiger partial charge in [-0.1, -0.05) is 35.9 Å². The number of nitrogens with one attached hydrogen (secondary N) is 2. The number of oxazole rings is 1. The maximum Gasteiger partial charge on any atom is 0.452 e. The predicted molar refractivity (Wildman–Crippen MR) is 145 cm³/mol. The number of nitrogens with zero attached hydrogens (tertiary/aromatic N) is 1. The monoisotopic (exact) mass is 573 g/mol. The minimum Gasteiger partial charge on any atom is -0.469 e. The van der Waals surface area contributed by atoms with Gasteiger partial charge in [-0.3, -0.25) is 14.4 Å². The molecule has 2 aliphatic carbocycles. The fourth-order valence-corrected chi connectivity index (χ4v) is 5.21. The molecule has 1 fully saturated rings. The molecule has 8 nitrogen and oxygen atoms in total. The Kier molecular flexibility index (Phi) is 9.67. The zero-order valence-corrected chi connectivity index (χ0v) is 23.1. The van der Waals surface area contributed by atoms with Crippen LogP contribution in [-0.4, -0.2) is 36.4 Å². The number of rotatable bonds is 9. The number of halogens is 3. The van der Waals surface area contributed by atoms with Crippen LogP contribution in [-0.2, 0) is 20.5 Å². The minimum atomic E-state index is -4.89. The molecule has 1 unspecified atom stereocenters. The van der Waals surface area contributed by atoms with Gasteiger partial charge in [0, 0.05) is 25.1 Å². The minimum absolute atomic E-state index is 0.140. The van der Waals surface area contributed by atoms with Gasteiger partial charge in [0.25, 0.3) is 5.91 Å². The molecule has 2 amide bonds. The number of anilines is 1. The van der Waals surface area contributed by atoms with Gasteiger partial charge >= 0.3 is 12.1 Å². The van der Waals surface area contributed by atoms with Crippen molar-refractivity contribution in [3.63, 3.8) is 0 Å². The Balaban J connectivity index is 1.26. The van der Waals surface area contributed by atoms with Gasteiger partial charge in [-0.25, -0.2) is 4.98 Å². The van der Waals surface area contributed by atoms with Crippen molar-refractivity contribution in [3.8, 4) is 0 Å². The Hall–Kier alpha value is -3.89. The van der Waals surface area contributed by atoms with Crippen molar-refractivity contribution in [1.82, 2.24) is 10.3 Å². The largest absolute Gasteiger partial charge is 0.469 e. The Morgan fingerprint density at radius 3 is 2.41 bits per heavy atom. The highest BCUT2D eigenvalue weighted by Gasteiger charge is 2.42. The van der Waals surface area contributed by atoms with Crippen LogP contribution < -0.4 is 10.6 Å². The van der Waals surface area contributed by atoms with E-state index in [2.05, 4.69) is 15.6 Å². The van der Waals surface area contributed by atoms with E-state index in [1.165, 1.54) is 7.11 Å². The number of alkyl halides is 3. The first kappa shape index (κ1) is 30.1. The van der Waals surface area contributed by atoms with Crippen molar-refractivity contribution in [3.05, 3.63) is 71.0 Å². The van der Waals surface area contributed by atoms with Crippen LogP contribution in [0, 0.1) is 5.92 Å². The molecule has 1 heterocycles. The van der Waals surface area contributed by atoms with Crippen LogP contribution in [0.4, 0.5) is 18.9 Å². The standard InChI is InChI=1S/C30H34F3N3O5/c1-18-3-7-22(8-4-18)29-36-26(27(41-29)30(31,32)33)28(39)34-16-15-24(37)35-23-13-11-21(12-14-23)20-9-5-19(6-10-20)17-25(38)40-2/h3-4,7,11-14,19-20,22H,5-6,8-10,15-17H2,1-2H3,(H,34,39)(H,35,37). The number of carbonyl (C=O) groups excluding carboxylic acids is 3. The number of hydrogen-bond donors (Lipinski definition) is 2. The summed E-state index contributed by atoms with van der Waals surface area (Å²) in [7, 11) is 1.40. The van der Waals surface area contributed by atoms with Crippen molar-refractivity contribution in [1.29, 1.82) is 0 Å². The number of benzene rings is 1. The van der Waals surface area contributed by atoms with Gasteiger partial charge in [0.1, 0.15) is 0 Å². The van der Waals surface area contributed by atoms with E-state index in [1.807, 2.05) is 25.1 Å². The molecule has 0 bridgehead atoms. The van der Waals surface area contributed by atoms with Crippen molar-refractivity contribution in [2.45, 2.75) is 69.9 Å². The second-order valence-electron chi connectivity index (χ2n) is 10.6. The van der Waals surface area contributed by atoms with Gasteiger partial charge in [-0.15, -0.1) is 0 Å². The van der Waals surface area contributed by atoms with Gasteiger partial charge in [0.15, 0.2) is 5.69 Å². The summed E-state index contributed by atoms with van der Waals surface area (Å²) in [6.45, 7) is 1.69. The lowest BCUT2D eigenvalue weighted by atomic mass is 9.77. The zero-order valence-electron chi connectivity index (χ0n) is 23.1. The van der Waals surface area contributed by atoms with Crippen molar-refractivity contribution < 1.29 is 36.7 Å². The average molecular weight is 574 g/mol. The molecule has 220 valence electrons. The SMILES string of the molecule is COC(=O)CC1CCC(c2ccc(NC(=O)CCNC(=O)c3nc(C4C=CC(C)=CC4)oc3C(F)(F)F)cc2)CC1. The average Bonchev–Trinajstić information content (AvgIpc) is 3.41. The molecule has 0 saturated heterocycles. The van der Waals surface area contributed by atoms with Crippen LogP contribution in [0.2, 0.25) is 0 Å². The molecule has 2 aromatic rings. The lowest BCUT2D eigenvalue weighted by molar-refractivity contribution is -0.153. The quantitative estimate of drug-likeness (QED) is 0.342. The summed E-state index contributed by atoms with van der Waals surface area (Å²) >= 11 is 0. The maximum absolute atomic E-state index is 13.5. The van der Waals surface area contributed by atoms with Gasteiger partial charge in [-0.2, -0.15) is 13.2 Å². The topological polar surface area (TPSA) is 111 Å². The van der Waals surface area contributed by atoms with Gasteiger partial charge in [0.2, 0.25) is 17.6 Å². The number of amides is 2.